The molecule has 0 atom stereocenters. The van der Waals surface area contributed by atoms with Gasteiger partial charge >= 0.3 is 0 Å². The van der Waals surface area contributed by atoms with Crippen LogP contribution >= 0.6 is 11.3 Å². The number of anilines is 1. The van der Waals surface area contributed by atoms with E-state index in [1.807, 2.05) is 18.3 Å². The average molecular weight is 393 g/mol. The Morgan fingerprint density at radius 1 is 0.926 bits per heavy atom. The molecule has 27 heavy (non-hydrogen) atoms. The number of aromatic nitrogens is 3. The van der Waals surface area contributed by atoms with Crippen LogP contribution in [0.25, 0.3) is 0 Å². The van der Waals surface area contributed by atoms with E-state index >= 15 is 0 Å². The highest BCUT2D eigenvalue weighted by Crippen LogP contribution is 2.28. The summed E-state index contributed by atoms with van der Waals surface area (Å²) in [5.41, 5.74) is 1.17. The third-order valence-corrected chi connectivity index (χ3v) is 6.35. The molecular weight excluding hydrogens is 364 g/mol. The molecule has 2 fully saturated rings. The van der Waals surface area contributed by atoms with E-state index in [0.717, 1.165) is 82.9 Å². The molecule has 2 aromatic rings. The van der Waals surface area contributed by atoms with E-state index in [0.29, 0.717) is 5.89 Å². The SMILES string of the molecule is Cc1nc(CN2CCCN(Cc3sc(N4CCOCC4)nc3C)CC2)no1. The highest BCUT2D eigenvalue weighted by molar-refractivity contribution is 7.15. The van der Waals surface area contributed by atoms with Crippen molar-refractivity contribution in [2.45, 2.75) is 33.4 Å². The summed E-state index contributed by atoms with van der Waals surface area (Å²) in [6.07, 6.45) is 1.16. The van der Waals surface area contributed by atoms with Crippen molar-refractivity contribution < 1.29 is 9.26 Å². The second-order valence-corrected chi connectivity index (χ2v) is 8.30. The summed E-state index contributed by atoms with van der Waals surface area (Å²) in [6, 6.07) is 0. The quantitative estimate of drug-likeness (QED) is 0.761. The first kappa shape index (κ1) is 18.8. The van der Waals surface area contributed by atoms with Gasteiger partial charge in [0.05, 0.1) is 25.5 Å². The lowest BCUT2D eigenvalue weighted by Gasteiger charge is -2.26. The third-order valence-electron chi connectivity index (χ3n) is 5.15. The van der Waals surface area contributed by atoms with E-state index in [9.17, 15) is 0 Å². The van der Waals surface area contributed by atoms with Gasteiger partial charge in [-0.25, -0.2) is 4.98 Å². The van der Waals surface area contributed by atoms with E-state index in [4.69, 9.17) is 14.2 Å². The Morgan fingerprint density at radius 3 is 2.37 bits per heavy atom. The first-order valence-corrected chi connectivity index (χ1v) is 10.5. The van der Waals surface area contributed by atoms with Gasteiger partial charge in [-0.05, 0) is 26.4 Å². The van der Waals surface area contributed by atoms with Crippen LogP contribution in [0.5, 0.6) is 0 Å². The minimum Gasteiger partial charge on any atom is -0.378 e. The molecule has 0 N–H and O–H groups in total. The Hall–Kier alpha value is -1.55. The van der Waals surface area contributed by atoms with Crippen molar-refractivity contribution in [1.82, 2.24) is 24.9 Å². The van der Waals surface area contributed by atoms with Gasteiger partial charge in [0.1, 0.15) is 0 Å². The monoisotopic (exact) mass is 392 g/mol. The Labute approximate surface area is 164 Å². The second kappa shape index (κ2) is 8.64. The Kier molecular flexibility index (Phi) is 6.01. The number of hydrogen-bond donors (Lipinski definition) is 0. The maximum atomic E-state index is 5.46. The first-order chi connectivity index (χ1) is 13.2. The van der Waals surface area contributed by atoms with Crippen molar-refractivity contribution in [2.75, 3.05) is 57.4 Å². The molecule has 0 bridgehead atoms. The molecule has 0 radical (unpaired) electrons. The summed E-state index contributed by atoms with van der Waals surface area (Å²) < 4.78 is 10.5. The maximum absolute atomic E-state index is 5.46. The van der Waals surface area contributed by atoms with Crippen LogP contribution in [0.2, 0.25) is 0 Å². The Bertz CT molecular complexity index is 742. The van der Waals surface area contributed by atoms with E-state index < -0.39 is 0 Å². The zero-order valence-electron chi connectivity index (χ0n) is 16.2. The highest BCUT2D eigenvalue weighted by Gasteiger charge is 2.21. The zero-order chi connectivity index (χ0) is 18.6. The van der Waals surface area contributed by atoms with Gasteiger partial charge in [-0.15, -0.1) is 11.3 Å². The lowest BCUT2D eigenvalue weighted by molar-refractivity contribution is 0.122. The molecule has 0 unspecified atom stereocenters. The van der Waals surface area contributed by atoms with E-state index in [2.05, 4.69) is 31.8 Å². The van der Waals surface area contributed by atoms with Crippen LogP contribution in [0.1, 0.15) is 28.7 Å². The van der Waals surface area contributed by atoms with Crippen molar-refractivity contribution >= 4 is 16.5 Å². The minimum atomic E-state index is 0.637. The van der Waals surface area contributed by atoms with Gasteiger partial charge in [-0.2, -0.15) is 4.98 Å². The fourth-order valence-corrected chi connectivity index (χ4v) is 4.75. The lowest BCUT2D eigenvalue weighted by Crippen LogP contribution is -2.36. The molecule has 0 spiro atoms. The van der Waals surface area contributed by atoms with Gasteiger partial charge in [0.2, 0.25) is 5.89 Å². The van der Waals surface area contributed by atoms with Gasteiger partial charge in [-0.3, -0.25) is 9.80 Å². The average Bonchev–Trinajstić information content (AvgIpc) is 3.17. The fraction of sp³-hybridized carbons (Fsp3) is 0.722. The van der Waals surface area contributed by atoms with Crippen molar-refractivity contribution in [3.63, 3.8) is 0 Å². The molecule has 0 saturated carbocycles. The Morgan fingerprint density at radius 2 is 1.67 bits per heavy atom. The van der Waals surface area contributed by atoms with E-state index in [1.165, 1.54) is 10.6 Å². The normalized spacial score (nSPS) is 20.1. The summed E-state index contributed by atoms with van der Waals surface area (Å²) in [7, 11) is 0. The summed E-state index contributed by atoms with van der Waals surface area (Å²) in [6.45, 7) is 13.5. The molecule has 4 rings (SSSR count). The summed E-state index contributed by atoms with van der Waals surface area (Å²) >= 11 is 1.84. The highest BCUT2D eigenvalue weighted by atomic mass is 32.1. The molecule has 0 aromatic carbocycles. The largest absolute Gasteiger partial charge is 0.378 e. The summed E-state index contributed by atoms with van der Waals surface area (Å²) in [5, 5.41) is 5.17. The van der Waals surface area contributed by atoms with E-state index in [-0.39, 0.29) is 0 Å². The van der Waals surface area contributed by atoms with Gasteiger partial charge in [0.15, 0.2) is 11.0 Å². The van der Waals surface area contributed by atoms with Gasteiger partial charge < -0.3 is 14.2 Å². The first-order valence-electron chi connectivity index (χ1n) is 9.70. The smallest absolute Gasteiger partial charge is 0.223 e. The number of morpholine rings is 1. The number of nitrogens with zero attached hydrogens (tertiary/aromatic N) is 6. The molecule has 2 aliphatic heterocycles. The minimum absolute atomic E-state index is 0.637. The van der Waals surface area contributed by atoms with Crippen LogP contribution in [0.3, 0.4) is 0 Å². The molecule has 2 aliphatic rings. The molecule has 0 amide bonds. The van der Waals surface area contributed by atoms with Crippen LogP contribution in [0.15, 0.2) is 4.52 Å². The van der Waals surface area contributed by atoms with Gasteiger partial charge in [-0.1, -0.05) is 5.16 Å². The van der Waals surface area contributed by atoms with E-state index in [1.54, 1.807) is 0 Å². The molecule has 2 aromatic heterocycles. The summed E-state index contributed by atoms with van der Waals surface area (Å²) in [4.78, 5) is 17.9. The lowest BCUT2D eigenvalue weighted by atomic mass is 10.3. The van der Waals surface area contributed by atoms with Crippen LogP contribution in [0, 0.1) is 13.8 Å². The van der Waals surface area contributed by atoms with Crippen molar-refractivity contribution in [3.8, 4) is 0 Å². The molecular formula is C18H28N6O2S. The number of thiazole rings is 1. The van der Waals surface area contributed by atoms with Gasteiger partial charge in [0.25, 0.3) is 0 Å². The zero-order valence-corrected chi connectivity index (χ0v) is 17.0. The number of ether oxygens (including phenoxy) is 1. The predicted molar refractivity (Wildman–Crippen MR) is 104 cm³/mol. The number of aryl methyl sites for hydroxylation is 2. The van der Waals surface area contributed by atoms with Crippen LogP contribution < -0.4 is 4.90 Å². The van der Waals surface area contributed by atoms with Crippen molar-refractivity contribution in [1.29, 1.82) is 0 Å². The molecule has 8 nitrogen and oxygen atoms in total. The number of rotatable bonds is 5. The fourth-order valence-electron chi connectivity index (χ4n) is 3.60. The standard InChI is InChI=1S/C18H28N6O2S/c1-14-16(27-18(19-14)24-8-10-25-11-9-24)12-22-4-3-5-23(7-6-22)13-17-20-15(2)26-21-17/h3-13H2,1-2H3. The Balaban J connectivity index is 1.32. The molecule has 148 valence electrons. The molecule has 9 heteroatoms. The third kappa shape index (κ3) is 4.84. The van der Waals surface area contributed by atoms with Crippen LogP contribution in [-0.4, -0.2) is 77.4 Å². The van der Waals surface area contributed by atoms with Crippen LogP contribution in [-0.2, 0) is 17.8 Å². The predicted octanol–water partition coefficient (Wildman–Crippen LogP) is 1.69. The van der Waals surface area contributed by atoms with Crippen LogP contribution in [0.4, 0.5) is 5.13 Å². The van der Waals surface area contributed by atoms with Gasteiger partial charge in [0, 0.05) is 44.5 Å². The second-order valence-electron chi connectivity index (χ2n) is 7.24. The maximum Gasteiger partial charge on any atom is 0.223 e. The molecule has 4 heterocycles. The summed E-state index contributed by atoms with van der Waals surface area (Å²) in [5.74, 6) is 1.42. The van der Waals surface area contributed by atoms with Crippen molar-refractivity contribution in [3.05, 3.63) is 22.3 Å². The molecule has 2 saturated heterocycles. The number of hydrogen-bond acceptors (Lipinski definition) is 9. The topological polar surface area (TPSA) is 70.8 Å². The van der Waals surface area contributed by atoms with Crippen molar-refractivity contribution in [2.24, 2.45) is 0 Å². The molecule has 0 aliphatic carbocycles.